The first-order chi connectivity index (χ1) is 7.41. The Labute approximate surface area is 97.6 Å². The van der Waals surface area contributed by atoms with E-state index in [1.807, 2.05) is 0 Å². The lowest BCUT2D eigenvalue weighted by molar-refractivity contribution is 0.00870. The largest absolute Gasteiger partial charge is 0.390 e. The summed E-state index contributed by atoms with van der Waals surface area (Å²) in [6, 6.07) is 0.587. The molecule has 0 aliphatic carbocycles. The molecule has 2 rings (SSSR count). The van der Waals surface area contributed by atoms with E-state index in [2.05, 4.69) is 18.7 Å². The van der Waals surface area contributed by atoms with E-state index in [1.54, 1.807) is 0 Å². The molecule has 0 radical (unpaired) electrons. The van der Waals surface area contributed by atoms with Crippen molar-refractivity contribution < 1.29 is 13.5 Å². The van der Waals surface area contributed by atoms with Crippen LogP contribution in [0.5, 0.6) is 0 Å². The SMILES string of the molecule is CC1CCCC(C)N1C1CS(=O)(=O)CC1O. The highest BCUT2D eigenvalue weighted by Gasteiger charge is 2.43. The molecule has 0 aromatic carbocycles. The highest BCUT2D eigenvalue weighted by Crippen LogP contribution is 2.29. The minimum Gasteiger partial charge on any atom is -0.390 e. The van der Waals surface area contributed by atoms with Crippen molar-refractivity contribution in [1.29, 1.82) is 0 Å². The summed E-state index contributed by atoms with van der Waals surface area (Å²) in [7, 11) is -3.03. The second-order valence-electron chi connectivity index (χ2n) is 5.29. The van der Waals surface area contributed by atoms with Crippen molar-refractivity contribution in [2.75, 3.05) is 11.5 Å². The van der Waals surface area contributed by atoms with Crippen molar-refractivity contribution >= 4 is 9.84 Å². The molecule has 4 atom stereocenters. The van der Waals surface area contributed by atoms with E-state index >= 15 is 0 Å². The number of sulfone groups is 1. The number of aliphatic hydroxyl groups is 1. The Morgan fingerprint density at radius 3 is 2.12 bits per heavy atom. The summed E-state index contributed by atoms with van der Waals surface area (Å²) in [5, 5.41) is 9.89. The van der Waals surface area contributed by atoms with Crippen LogP contribution in [0.4, 0.5) is 0 Å². The van der Waals surface area contributed by atoms with E-state index in [1.165, 1.54) is 6.42 Å². The van der Waals surface area contributed by atoms with Gasteiger partial charge in [0.05, 0.1) is 23.7 Å². The fourth-order valence-electron chi connectivity index (χ4n) is 3.19. The van der Waals surface area contributed by atoms with Gasteiger partial charge in [-0.25, -0.2) is 8.42 Å². The first-order valence-electron chi connectivity index (χ1n) is 6.06. The highest BCUT2D eigenvalue weighted by atomic mass is 32.2. The van der Waals surface area contributed by atoms with E-state index in [9.17, 15) is 13.5 Å². The monoisotopic (exact) mass is 247 g/mol. The fraction of sp³-hybridized carbons (Fsp3) is 1.00. The van der Waals surface area contributed by atoms with Crippen LogP contribution in [0.2, 0.25) is 0 Å². The van der Waals surface area contributed by atoms with Crippen LogP contribution in [-0.2, 0) is 9.84 Å². The molecule has 5 heteroatoms. The number of piperidine rings is 1. The van der Waals surface area contributed by atoms with E-state index in [0.29, 0.717) is 12.1 Å². The highest BCUT2D eigenvalue weighted by molar-refractivity contribution is 7.91. The third-order valence-corrected chi connectivity index (χ3v) is 5.64. The van der Waals surface area contributed by atoms with Gasteiger partial charge < -0.3 is 5.11 Å². The molecule has 4 unspecified atom stereocenters. The molecule has 0 spiro atoms. The molecular weight excluding hydrogens is 226 g/mol. The lowest BCUT2D eigenvalue weighted by Crippen LogP contribution is -2.54. The van der Waals surface area contributed by atoms with Crippen molar-refractivity contribution in [3.05, 3.63) is 0 Å². The maximum absolute atomic E-state index is 11.5. The first kappa shape index (κ1) is 12.3. The predicted molar refractivity (Wildman–Crippen MR) is 63.1 cm³/mol. The van der Waals surface area contributed by atoms with E-state index in [-0.39, 0.29) is 17.5 Å². The number of nitrogens with zero attached hydrogens (tertiary/aromatic N) is 1. The van der Waals surface area contributed by atoms with Gasteiger partial charge in [0.15, 0.2) is 9.84 Å². The zero-order valence-corrected chi connectivity index (χ0v) is 10.8. The average molecular weight is 247 g/mol. The van der Waals surface area contributed by atoms with Gasteiger partial charge in [-0.1, -0.05) is 6.42 Å². The van der Waals surface area contributed by atoms with Crippen molar-refractivity contribution in [2.24, 2.45) is 0 Å². The van der Waals surface area contributed by atoms with Crippen LogP contribution in [0.15, 0.2) is 0 Å². The van der Waals surface area contributed by atoms with Crippen LogP contribution in [0.3, 0.4) is 0 Å². The van der Waals surface area contributed by atoms with E-state index in [0.717, 1.165) is 12.8 Å². The van der Waals surface area contributed by atoms with Crippen molar-refractivity contribution in [2.45, 2.75) is 57.3 Å². The lowest BCUT2D eigenvalue weighted by Gasteiger charge is -2.43. The maximum Gasteiger partial charge on any atom is 0.154 e. The average Bonchev–Trinajstić information content (AvgIpc) is 2.39. The molecule has 4 nitrogen and oxygen atoms in total. The van der Waals surface area contributed by atoms with Gasteiger partial charge in [-0.05, 0) is 26.7 Å². The number of hydrogen-bond acceptors (Lipinski definition) is 4. The van der Waals surface area contributed by atoms with E-state index < -0.39 is 15.9 Å². The van der Waals surface area contributed by atoms with Gasteiger partial charge in [0.25, 0.3) is 0 Å². The summed E-state index contributed by atoms with van der Waals surface area (Å²) in [5.41, 5.74) is 0. The topological polar surface area (TPSA) is 57.6 Å². The summed E-state index contributed by atoms with van der Waals surface area (Å²) < 4.78 is 23.0. The standard InChI is InChI=1S/C11H21NO3S/c1-8-4-3-5-9(2)12(8)10-6-16(14,15)7-11(10)13/h8-11,13H,3-7H2,1-2H3. The van der Waals surface area contributed by atoms with Crippen LogP contribution >= 0.6 is 0 Å². The lowest BCUT2D eigenvalue weighted by atomic mass is 9.94. The molecule has 0 saturated carbocycles. The van der Waals surface area contributed by atoms with Gasteiger partial charge in [-0.15, -0.1) is 0 Å². The van der Waals surface area contributed by atoms with Crippen LogP contribution in [-0.4, -0.2) is 54.2 Å². The number of likely N-dealkylation sites (tertiary alicyclic amines) is 1. The molecule has 0 aromatic heterocycles. The van der Waals surface area contributed by atoms with Gasteiger partial charge in [0.1, 0.15) is 0 Å². The molecule has 2 saturated heterocycles. The number of aliphatic hydroxyl groups excluding tert-OH is 1. The number of hydrogen-bond donors (Lipinski definition) is 1. The van der Waals surface area contributed by atoms with Gasteiger partial charge >= 0.3 is 0 Å². The molecule has 2 heterocycles. The minimum atomic E-state index is -3.03. The van der Waals surface area contributed by atoms with Crippen LogP contribution in [0, 0.1) is 0 Å². The molecule has 2 aliphatic rings. The third-order valence-electron chi connectivity index (χ3n) is 3.94. The van der Waals surface area contributed by atoms with Crippen molar-refractivity contribution in [3.63, 3.8) is 0 Å². The Morgan fingerprint density at radius 1 is 1.12 bits per heavy atom. The van der Waals surface area contributed by atoms with Crippen molar-refractivity contribution in [3.8, 4) is 0 Å². The molecule has 1 N–H and O–H groups in total. The van der Waals surface area contributed by atoms with E-state index in [4.69, 9.17) is 0 Å². The summed E-state index contributed by atoms with van der Waals surface area (Å²) in [6.45, 7) is 4.26. The molecule has 0 aromatic rings. The van der Waals surface area contributed by atoms with Gasteiger partial charge in [0, 0.05) is 12.1 Å². The first-order valence-corrected chi connectivity index (χ1v) is 7.89. The zero-order chi connectivity index (χ0) is 11.9. The Morgan fingerprint density at radius 2 is 1.69 bits per heavy atom. The summed E-state index contributed by atoms with van der Waals surface area (Å²) in [6.07, 6.45) is 2.71. The Hall–Kier alpha value is -0.130. The van der Waals surface area contributed by atoms with Crippen LogP contribution < -0.4 is 0 Å². The Balaban J connectivity index is 2.17. The van der Waals surface area contributed by atoms with Crippen LogP contribution in [0.25, 0.3) is 0 Å². The molecule has 94 valence electrons. The second-order valence-corrected chi connectivity index (χ2v) is 7.44. The normalized spacial score (nSPS) is 44.7. The molecule has 2 aliphatic heterocycles. The Bertz CT molecular complexity index is 344. The molecule has 2 fully saturated rings. The number of rotatable bonds is 1. The second kappa shape index (κ2) is 4.27. The molecule has 16 heavy (non-hydrogen) atoms. The fourth-order valence-corrected chi connectivity index (χ4v) is 4.98. The maximum atomic E-state index is 11.5. The van der Waals surface area contributed by atoms with Crippen molar-refractivity contribution in [1.82, 2.24) is 4.90 Å². The van der Waals surface area contributed by atoms with Gasteiger partial charge in [-0.3, -0.25) is 4.90 Å². The smallest absolute Gasteiger partial charge is 0.154 e. The van der Waals surface area contributed by atoms with Crippen LogP contribution in [0.1, 0.15) is 33.1 Å². The zero-order valence-electron chi connectivity index (χ0n) is 9.96. The molecule has 0 amide bonds. The summed E-state index contributed by atoms with van der Waals surface area (Å²) in [4.78, 5) is 2.22. The third kappa shape index (κ3) is 2.26. The molecular formula is C11H21NO3S. The quantitative estimate of drug-likeness (QED) is 0.729. The summed E-state index contributed by atoms with van der Waals surface area (Å²) in [5.74, 6) is 0.0659. The summed E-state index contributed by atoms with van der Waals surface area (Å²) >= 11 is 0. The molecule has 0 bridgehead atoms. The minimum absolute atomic E-state index is 0.0619. The van der Waals surface area contributed by atoms with Gasteiger partial charge in [-0.2, -0.15) is 0 Å². The Kier molecular flexibility index (Phi) is 3.29. The van der Waals surface area contributed by atoms with Gasteiger partial charge in [0.2, 0.25) is 0 Å². The predicted octanol–water partition coefficient (Wildman–Crippen LogP) is 0.407.